The van der Waals surface area contributed by atoms with Gasteiger partial charge in [-0.15, -0.1) is 0 Å². The summed E-state index contributed by atoms with van der Waals surface area (Å²) in [4.78, 5) is 14.2. The van der Waals surface area contributed by atoms with Gasteiger partial charge in [0, 0.05) is 30.0 Å². The number of carbonyl (C=O) groups excluding carboxylic acids is 1. The predicted molar refractivity (Wildman–Crippen MR) is 141 cm³/mol. The molecule has 33 heavy (non-hydrogen) atoms. The first-order valence-electron chi connectivity index (χ1n) is 11.9. The molecule has 180 valence electrons. The third-order valence-corrected chi connectivity index (χ3v) is 9.37. The van der Waals surface area contributed by atoms with Crippen LogP contribution in [-0.4, -0.2) is 54.7 Å². The van der Waals surface area contributed by atoms with Gasteiger partial charge in [0.15, 0.2) is 0 Å². The van der Waals surface area contributed by atoms with Gasteiger partial charge in [0.2, 0.25) is 0 Å². The Morgan fingerprint density at radius 3 is 2.24 bits per heavy atom. The van der Waals surface area contributed by atoms with Gasteiger partial charge in [-0.1, -0.05) is 88.7 Å². The van der Waals surface area contributed by atoms with Crippen LogP contribution in [0.4, 0.5) is 0 Å². The van der Waals surface area contributed by atoms with Crippen LogP contribution in [0, 0.1) is 0 Å². The first kappa shape index (κ1) is 26.1. The fraction of sp³-hybridized carbons (Fsp3) is 0.519. The van der Waals surface area contributed by atoms with E-state index in [2.05, 4.69) is 36.1 Å². The van der Waals surface area contributed by atoms with Gasteiger partial charge in [-0.3, -0.25) is 4.79 Å². The summed E-state index contributed by atoms with van der Waals surface area (Å²) in [6.45, 7) is 4.87. The van der Waals surface area contributed by atoms with Crippen molar-refractivity contribution >= 4 is 27.6 Å². The lowest BCUT2D eigenvalue weighted by molar-refractivity contribution is -0.144. The second-order valence-electron chi connectivity index (χ2n) is 8.91. The second kappa shape index (κ2) is 14.1. The molecule has 1 fully saturated rings. The van der Waals surface area contributed by atoms with Crippen molar-refractivity contribution in [2.24, 2.45) is 0 Å². The van der Waals surface area contributed by atoms with Crippen LogP contribution in [0.3, 0.4) is 0 Å². The SMILES string of the molecule is CN(CCOC(=O)CCCC[C@]1(C)CCSS1)CCOC(c1ccccc1)c1ccccc1. The lowest BCUT2D eigenvalue weighted by Gasteiger charge is -2.22. The number of unbranched alkanes of at least 4 members (excludes halogenated alkanes) is 1. The zero-order valence-electron chi connectivity index (χ0n) is 19.9. The van der Waals surface area contributed by atoms with E-state index >= 15 is 0 Å². The van der Waals surface area contributed by atoms with E-state index < -0.39 is 0 Å². The average molecular weight is 488 g/mol. The maximum Gasteiger partial charge on any atom is 0.305 e. The Balaban J connectivity index is 1.30. The molecule has 4 nitrogen and oxygen atoms in total. The molecule has 0 N–H and O–H groups in total. The van der Waals surface area contributed by atoms with E-state index in [1.54, 1.807) is 0 Å². The molecular formula is C27H37NO3S2. The Hall–Kier alpha value is -1.47. The fourth-order valence-electron chi connectivity index (χ4n) is 3.88. The summed E-state index contributed by atoms with van der Waals surface area (Å²) >= 11 is 0. The number of ether oxygens (including phenoxy) is 2. The number of esters is 1. The van der Waals surface area contributed by atoms with Crippen LogP contribution >= 0.6 is 21.6 Å². The summed E-state index contributed by atoms with van der Waals surface area (Å²) in [5.74, 6) is 1.17. The van der Waals surface area contributed by atoms with Gasteiger partial charge in [-0.2, -0.15) is 0 Å². The number of hydrogen-bond acceptors (Lipinski definition) is 6. The number of likely N-dealkylation sites (N-methyl/N-ethyl adjacent to an activating group) is 1. The van der Waals surface area contributed by atoms with Gasteiger partial charge >= 0.3 is 5.97 Å². The Morgan fingerprint density at radius 2 is 1.64 bits per heavy atom. The molecule has 2 aromatic rings. The highest BCUT2D eigenvalue weighted by molar-refractivity contribution is 8.77. The first-order chi connectivity index (χ1) is 16.1. The monoisotopic (exact) mass is 487 g/mol. The third kappa shape index (κ3) is 9.36. The van der Waals surface area contributed by atoms with Crippen molar-refractivity contribution in [3.8, 4) is 0 Å². The fourth-order valence-corrected chi connectivity index (χ4v) is 7.18. The summed E-state index contributed by atoms with van der Waals surface area (Å²) in [6.07, 6.45) is 4.93. The van der Waals surface area contributed by atoms with E-state index in [0.717, 1.165) is 30.5 Å². The summed E-state index contributed by atoms with van der Waals surface area (Å²) in [6, 6.07) is 20.6. The standard InChI is InChI=1S/C27H37NO3S2/c1-27(17-22-32-33-27)16-10-9-15-25(29)30-20-18-28(2)19-21-31-26(23-11-5-3-6-12-23)24-13-7-4-8-14-24/h3-8,11-14,26H,9-10,15-22H2,1-2H3/t27-/m1/s1. The number of carbonyl (C=O) groups is 1. The van der Waals surface area contributed by atoms with E-state index in [1.807, 2.05) is 65.0 Å². The molecule has 1 heterocycles. The van der Waals surface area contributed by atoms with Crippen LogP contribution in [0.5, 0.6) is 0 Å². The van der Waals surface area contributed by atoms with E-state index in [9.17, 15) is 4.79 Å². The third-order valence-electron chi connectivity index (χ3n) is 6.01. The lowest BCUT2D eigenvalue weighted by Crippen LogP contribution is -2.28. The molecule has 0 aliphatic carbocycles. The second-order valence-corrected chi connectivity index (χ2v) is 11.9. The highest BCUT2D eigenvalue weighted by atomic mass is 33.1. The average Bonchev–Trinajstić information content (AvgIpc) is 3.27. The summed E-state index contributed by atoms with van der Waals surface area (Å²) in [5.41, 5.74) is 2.30. The van der Waals surface area contributed by atoms with Crippen LogP contribution in [0.2, 0.25) is 0 Å². The van der Waals surface area contributed by atoms with Crippen LogP contribution in [0.15, 0.2) is 60.7 Å². The number of nitrogens with zero attached hydrogens (tertiary/aromatic N) is 1. The molecule has 1 aliphatic rings. The first-order valence-corrected chi connectivity index (χ1v) is 14.2. The van der Waals surface area contributed by atoms with Crippen molar-refractivity contribution in [1.29, 1.82) is 0 Å². The lowest BCUT2D eigenvalue weighted by atomic mass is 9.99. The van der Waals surface area contributed by atoms with E-state index in [1.165, 1.54) is 18.6 Å². The van der Waals surface area contributed by atoms with Crippen molar-refractivity contribution in [3.05, 3.63) is 71.8 Å². The van der Waals surface area contributed by atoms with Crippen molar-refractivity contribution in [1.82, 2.24) is 4.90 Å². The minimum atomic E-state index is -0.0814. The molecule has 6 heteroatoms. The largest absolute Gasteiger partial charge is 0.464 e. The van der Waals surface area contributed by atoms with Crippen LogP contribution in [-0.2, 0) is 14.3 Å². The molecule has 1 saturated heterocycles. The van der Waals surface area contributed by atoms with E-state index in [-0.39, 0.29) is 12.1 Å². The molecule has 1 aliphatic heterocycles. The molecule has 3 rings (SSSR count). The molecule has 0 aromatic heterocycles. The minimum Gasteiger partial charge on any atom is -0.464 e. The van der Waals surface area contributed by atoms with Gasteiger partial charge in [0.25, 0.3) is 0 Å². The topological polar surface area (TPSA) is 38.8 Å². The molecule has 0 amide bonds. The Morgan fingerprint density at radius 1 is 1.00 bits per heavy atom. The van der Waals surface area contributed by atoms with Gasteiger partial charge in [0.05, 0.1) is 6.61 Å². The molecule has 0 saturated carbocycles. The van der Waals surface area contributed by atoms with Gasteiger partial charge in [-0.25, -0.2) is 0 Å². The van der Waals surface area contributed by atoms with Crippen molar-refractivity contribution in [3.63, 3.8) is 0 Å². The van der Waals surface area contributed by atoms with E-state index in [0.29, 0.717) is 30.9 Å². The van der Waals surface area contributed by atoms with Gasteiger partial charge in [-0.05, 0) is 44.4 Å². The van der Waals surface area contributed by atoms with Crippen LogP contribution in [0.1, 0.15) is 56.3 Å². The van der Waals surface area contributed by atoms with Crippen LogP contribution in [0.25, 0.3) is 0 Å². The summed E-state index contributed by atoms with van der Waals surface area (Å²) < 4.78 is 12.1. The maximum absolute atomic E-state index is 12.0. The van der Waals surface area contributed by atoms with Crippen molar-refractivity contribution in [2.45, 2.75) is 49.9 Å². The number of benzene rings is 2. The quantitative estimate of drug-likeness (QED) is 0.175. The smallest absolute Gasteiger partial charge is 0.305 e. The maximum atomic E-state index is 12.0. The molecule has 0 spiro atoms. The Labute approximate surface area is 207 Å². The molecule has 0 unspecified atom stereocenters. The predicted octanol–water partition coefficient (Wildman–Crippen LogP) is 6.37. The Bertz CT molecular complexity index is 773. The minimum absolute atomic E-state index is 0.0773. The zero-order valence-corrected chi connectivity index (χ0v) is 21.5. The molecule has 2 aromatic carbocycles. The Kier molecular flexibility index (Phi) is 11.1. The van der Waals surface area contributed by atoms with Crippen molar-refractivity contribution < 1.29 is 14.3 Å². The van der Waals surface area contributed by atoms with Crippen LogP contribution < -0.4 is 0 Å². The molecule has 0 bridgehead atoms. The van der Waals surface area contributed by atoms with E-state index in [4.69, 9.17) is 9.47 Å². The van der Waals surface area contributed by atoms with Crippen molar-refractivity contribution in [2.75, 3.05) is 39.1 Å². The molecular weight excluding hydrogens is 450 g/mol. The highest BCUT2D eigenvalue weighted by Gasteiger charge is 2.29. The summed E-state index contributed by atoms with van der Waals surface area (Å²) in [7, 11) is 6.02. The highest BCUT2D eigenvalue weighted by Crippen LogP contribution is 2.49. The summed E-state index contributed by atoms with van der Waals surface area (Å²) in [5, 5.41) is 0. The van der Waals surface area contributed by atoms with Gasteiger partial charge < -0.3 is 14.4 Å². The molecule has 0 radical (unpaired) electrons. The normalized spacial score (nSPS) is 18.2. The number of rotatable bonds is 14. The zero-order chi connectivity index (χ0) is 23.4. The molecule has 1 atom stereocenters. The number of hydrogen-bond donors (Lipinski definition) is 0. The van der Waals surface area contributed by atoms with Gasteiger partial charge in [0.1, 0.15) is 12.7 Å².